The number of benzene rings is 1. The van der Waals surface area contributed by atoms with Crippen molar-refractivity contribution in [3.05, 3.63) is 29.8 Å². The molecular formula is C10H15O2Si. The summed E-state index contributed by atoms with van der Waals surface area (Å²) < 4.78 is 10.9. The first-order valence-corrected chi connectivity index (χ1v) is 5.71. The van der Waals surface area contributed by atoms with Crippen molar-refractivity contribution in [1.82, 2.24) is 0 Å². The van der Waals surface area contributed by atoms with Gasteiger partial charge in [0, 0.05) is 13.7 Å². The van der Waals surface area contributed by atoms with Crippen molar-refractivity contribution in [2.75, 3.05) is 13.7 Å². The van der Waals surface area contributed by atoms with Crippen LogP contribution in [0.4, 0.5) is 0 Å². The van der Waals surface area contributed by atoms with Gasteiger partial charge in [0.05, 0.1) is 0 Å². The second-order valence-corrected chi connectivity index (χ2v) is 4.55. The molecule has 2 nitrogen and oxygen atoms in total. The van der Waals surface area contributed by atoms with Crippen LogP contribution in [0, 0.1) is 6.92 Å². The van der Waals surface area contributed by atoms with Crippen LogP contribution in [0.25, 0.3) is 0 Å². The Hall–Kier alpha value is -0.643. The zero-order chi connectivity index (χ0) is 9.68. The van der Waals surface area contributed by atoms with E-state index in [1.54, 1.807) is 7.11 Å². The first kappa shape index (κ1) is 10.4. The zero-order valence-electron chi connectivity index (χ0n) is 8.33. The van der Waals surface area contributed by atoms with Crippen molar-refractivity contribution in [3.63, 3.8) is 0 Å². The summed E-state index contributed by atoms with van der Waals surface area (Å²) in [6.07, 6.45) is 0. The molecule has 0 fully saturated rings. The predicted octanol–water partition coefficient (Wildman–Crippen LogP) is 1.37. The summed E-state index contributed by atoms with van der Waals surface area (Å²) in [6, 6.07) is 8.20. The molecule has 0 saturated carbocycles. The van der Waals surface area contributed by atoms with E-state index in [0.717, 1.165) is 0 Å². The summed E-state index contributed by atoms with van der Waals surface area (Å²) in [5.74, 6) is 0. The fourth-order valence-electron chi connectivity index (χ4n) is 1.18. The maximum Gasteiger partial charge on any atom is 0.423 e. The Labute approximate surface area is 81.3 Å². The van der Waals surface area contributed by atoms with Crippen molar-refractivity contribution in [2.24, 2.45) is 0 Å². The summed E-state index contributed by atoms with van der Waals surface area (Å²) in [7, 11) is 0.462. The van der Waals surface area contributed by atoms with Crippen molar-refractivity contribution in [1.29, 1.82) is 0 Å². The minimum atomic E-state index is -1.24. The van der Waals surface area contributed by atoms with Gasteiger partial charge < -0.3 is 8.85 Å². The van der Waals surface area contributed by atoms with Crippen molar-refractivity contribution in [3.8, 4) is 0 Å². The molecule has 13 heavy (non-hydrogen) atoms. The average molecular weight is 195 g/mol. The highest BCUT2D eigenvalue weighted by Crippen LogP contribution is 1.98. The van der Waals surface area contributed by atoms with Gasteiger partial charge in [0.1, 0.15) is 0 Å². The molecule has 1 aromatic carbocycles. The molecule has 0 N–H and O–H groups in total. The third-order valence-electron chi connectivity index (χ3n) is 1.83. The SMILES string of the molecule is CCO[Si](OC)c1ccccc1C. The van der Waals surface area contributed by atoms with Crippen LogP contribution in [-0.4, -0.2) is 23.0 Å². The Bertz CT molecular complexity index is 263. The Morgan fingerprint density at radius 1 is 1.31 bits per heavy atom. The first-order valence-electron chi connectivity index (χ1n) is 4.39. The maximum absolute atomic E-state index is 5.54. The van der Waals surface area contributed by atoms with Crippen LogP contribution in [-0.2, 0) is 8.85 Å². The standard InChI is InChI=1S/C10H15O2Si/c1-4-12-13(11-3)10-8-6-5-7-9(10)2/h5-8H,4H2,1-3H3. The van der Waals surface area contributed by atoms with Crippen LogP contribution < -0.4 is 5.19 Å². The van der Waals surface area contributed by atoms with E-state index < -0.39 is 9.28 Å². The highest BCUT2D eigenvalue weighted by molar-refractivity contribution is 6.61. The van der Waals surface area contributed by atoms with E-state index in [4.69, 9.17) is 8.85 Å². The lowest BCUT2D eigenvalue weighted by molar-refractivity contribution is 0.253. The quantitative estimate of drug-likeness (QED) is 0.676. The molecule has 3 heteroatoms. The summed E-state index contributed by atoms with van der Waals surface area (Å²) in [4.78, 5) is 0. The number of rotatable bonds is 4. The molecule has 0 bridgehead atoms. The van der Waals surface area contributed by atoms with E-state index in [9.17, 15) is 0 Å². The molecular weight excluding hydrogens is 180 g/mol. The second kappa shape index (κ2) is 5.17. The van der Waals surface area contributed by atoms with Crippen LogP contribution >= 0.6 is 0 Å². The van der Waals surface area contributed by atoms with Crippen molar-refractivity contribution < 1.29 is 8.85 Å². The molecule has 0 saturated heterocycles. The molecule has 0 aromatic heterocycles. The van der Waals surface area contributed by atoms with E-state index in [1.165, 1.54) is 10.8 Å². The van der Waals surface area contributed by atoms with Crippen LogP contribution in [0.5, 0.6) is 0 Å². The van der Waals surface area contributed by atoms with E-state index in [1.807, 2.05) is 19.1 Å². The van der Waals surface area contributed by atoms with Gasteiger partial charge in [-0.2, -0.15) is 0 Å². The van der Waals surface area contributed by atoms with Gasteiger partial charge in [-0.15, -0.1) is 0 Å². The van der Waals surface area contributed by atoms with Crippen molar-refractivity contribution >= 4 is 14.5 Å². The Morgan fingerprint density at radius 3 is 2.54 bits per heavy atom. The lowest BCUT2D eigenvalue weighted by Gasteiger charge is -2.13. The molecule has 0 atom stereocenters. The number of hydrogen-bond acceptors (Lipinski definition) is 2. The molecule has 1 rings (SSSR count). The molecule has 1 aromatic rings. The van der Waals surface area contributed by atoms with Crippen LogP contribution in [0.2, 0.25) is 0 Å². The van der Waals surface area contributed by atoms with Gasteiger partial charge in [-0.05, 0) is 24.6 Å². The lowest BCUT2D eigenvalue weighted by Crippen LogP contribution is -2.37. The Balaban J connectivity index is 2.84. The third-order valence-corrected chi connectivity index (χ3v) is 3.75. The van der Waals surface area contributed by atoms with Gasteiger partial charge in [0.15, 0.2) is 0 Å². The first-order chi connectivity index (χ1) is 6.29. The predicted molar refractivity (Wildman–Crippen MR) is 55.2 cm³/mol. The molecule has 0 unspecified atom stereocenters. The fourth-order valence-corrected chi connectivity index (χ4v) is 2.57. The van der Waals surface area contributed by atoms with Crippen LogP contribution in [0.15, 0.2) is 24.3 Å². The average Bonchev–Trinajstić information content (AvgIpc) is 2.16. The highest BCUT2D eigenvalue weighted by atomic mass is 28.3. The minimum Gasteiger partial charge on any atom is -0.393 e. The molecule has 0 aliphatic carbocycles. The summed E-state index contributed by atoms with van der Waals surface area (Å²) in [5.41, 5.74) is 1.24. The molecule has 0 amide bonds. The van der Waals surface area contributed by atoms with E-state index in [2.05, 4.69) is 19.1 Å². The van der Waals surface area contributed by atoms with Gasteiger partial charge in [-0.3, -0.25) is 0 Å². The number of aryl methyl sites for hydroxylation is 1. The smallest absolute Gasteiger partial charge is 0.393 e. The minimum absolute atomic E-state index is 0.705. The number of hydrogen-bond donors (Lipinski definition) is 0. The molecule has 0 heterocycles. The fraction of sp³-hybridized carbons (Fsp3) is 0.400. The normalized spacial score (nSPS) is 10.8. The lowest BCUT2D eigenvalue weighted by atomic mass is 10.2. The molecule has 71 valence electrons. The van der Waals surface area contributed by atoms with Gasteiger partial charge in [-0.1, -0.05) is 24.3 Å². The van der Waals surface area contributed by atoms with E-state index in [0.29, 0.717) is 6.61 Å². The molecule has 0 aliphatic heterocycles. The summed E-state index contributed by atoms with van der Waals surface area (Å²) >= 11 is 0. The molecule has 0 spiro atoms. The van der Waals surface area contributed by atoms with Gasteiger partial charge in [-0.25, -0.2) is 0 Å². The zero-order valence-corrected chi connectivity index (χ0v) is 9.33. The third kappa shape index (κ3) is 2.65. The molecule has 1 radical (unpaired) electrons. The Morgan fingerprint density at radius 2 is 2.00 bits per heavy atom. The molecule has 0 aliphatic rings. The highest BCUT2D eigenvalue weighted by Gasteiger charge is 2.18. The van der Waals surface area contributed by atoms with Crippen LogP contribution in [0.3, 0.4) is 0 Å². The van der Waals surface area contributed by atoms with Crippen LogP contribution in [0.1, 0.15) is 12.5 Å². The largest absolute Gasteiger partial charge is 0.423 e. The van der Waals surface area contributed by atoms with E-state index in [-0.39, 0.29) is 0 Å². The maximum atomic E-state index is 5.54. The van der Waals surface area contributed by atoms with Gasteiger partial charge >= 0.3 is 9.28 Å². The second-order valence-electron chi connectivity index (χ2n) is 2.74. The summed E-state index contributed by atoms with van der Waals surface area (Å²) in [5, 5.41) is 1.21. The van der Waals surface area contributed by atoms with Gasteiger partial charge in [0.25, 0.3) is 0 Å². The van der Waals surface area contributed by atoms with Gasteiger partial charge in [0.2, 0.25) is 0 Å². The topological polar surface area (TPSA) is 18.5 Å². The van der Waals surface area contributed by atoms with Crippen molar-refractivity contribution in [2.45, 2.75) is 13.8 Å². The summed E-state index contributed by atoms with van der Waals surface area (Å²) in [6.45, 7) is 4.77. The van der Waals surface area contributed by atoms with E-state index >= 15 is 0 Å². The Kier molecular flexibility index (Phi) is 4.15. The monoisotopic (exact) mass is 195 g/mol.